The largest absolute Gasteiger partial charge is 0.308 e. The van der Waals surface area contributed by atoms with Crippen LogP contribution in [0.15, 0.2) is 76.1 Å². The first-order valence-electron chi connectivity index (χ1n) is 10.6. The lowest BCUT2D eigenvalue weighted by molar-refractivity contribution is -0.119. The van der Waals surface area contributed by atoms with Gasteiger partial charge in [-0.2, -0.15) is 4.31 Å². The van der Waals surface area contributed by atoms with Crippen LogP contribution in [0.2, 0.25) is 5.02 Å². The number of sulfonamides is 1. The molecule has 5 nitrogen and oxygen atoms in total. The first-order chi connectivity index (χ1) is 15.7. The second-order valence-corrected chi connectivity index (χ2v) is 11.5. The fourth-order valence-corrected chi connectivity index (χ4v) is 6.08. The number of carbonyl (C=O) groups excluding carboxylic acids is 1. The van der Waals surface area contributed by atoms with Gasteiger partial charge in [0.2, 0.25) is 15.9 Å². The maximum atomic E-state index is 13.6. The molecule has 0 saturated heterocycles. The highest BCUT2D eigenvalue weighted by Crippen LogP contribution is 2.34. The van der Waals surface area contributed by atoms with Gasteiger partial charge in [0.15, 0.2) is 0 Å². The number of rotatable bonds is 6. The molecule has 0 bridgehead atoms. The average molecular weight is 548 g/mol. The van der Waals surface area contributed by atoms with E-state index in [0.29, 0.717) is 10.6 Å². The van der Waals surface area contributed by atoms with Gasteiger partial charge in [0.05, 0.1) is 11.4 Å². The summed E-state index contributed by atoms with van der Waals surface area (Å²) in [6.07, 6.45) is 0.718. The summed E-state index contributed by atoms with van der Waals surface area (Å²) in [5.41, 5.74) is 3.48. The van der Waals surface area contributed by atoms with Crippen LogP contribution >= 0.6 is 27.5 Å². The summed E-state index contributed by atoms with van der Waals surface area (Å²) in [4.78, 5) is 15.3. The van der Waals surface area contributed by atoms with E-state index in [1.54, 1.807) is 53.4 Å². The zero-order valence-electron chi connectivity index (χ0n) is 18.3. The van der Waals surface area contributed by atoms with E-state index in [0.717, 1.165) is 27.7 Å². The van der Waals surface area contributed by atoms with Crippen molar-refractivity contribution < 1.29 is 13.2 Å². The maximum absolute atomic E-state index is 13.6. The molecule has 0 spiro atoms. The van der Waals surface area contributed by atoms with Crippen molar-refractivity contribution in [3.05, 3.63) is 92.9 Å². The molecule has 0 aromatic heterocycles. The summed E-state index contributed by atoms with van der Waals surface area (Å²) in [6, 6.07) is 19.4. The minimum Gasteiger partial charge on any atom is -0.308 e. The van der Waals surface area contributed by atoms with E-state index in [4.69, 9.17) is 11.6 Å². The molecule has 4 rings (SSSR count). The Morgan fingerprint density at radius 2 is 1.82 bits per heavy atom. The summed E-state index contributed by atoms with van der Waals surface area (Å²) in [5.74, 6) is -0.272. The standard InChI is InChI=1S/C25H24BrClN2O3S/c1-17-7-10-22(11-8-17)33(31,32)28(15-19-5-3-4-6-23(19)27)16-25(30)29-18(2)13-20-14-21(26)9-12-24(20)29/h3-12,14,18H,13,15-16H2,1-2H3. The van der Waals surface area contributed by atoms with Crippen LogP contribution in [-0.2, 0) is 27.8 Å². The molecule has 1 aliphatic heterocycles. The van der Waals surface area contributed by atoms with Gasteiger partial charge in [-0.25, -0.2) is 8.42 Å². The molecule has 0 saturated carbocycles. The number of hydrogen-bond acceptors (Lipinski definition) is 3. The first kappa shape index (κ1) is 24.0. The summed E-state index contributed by atoms with van der Waals surface area (Å²) in [6.45, 7) is 3.57. The van der Waals surface area contributed by atoms with E-state index < -0.39 is 10.0 Å². The number of amides is 1. The third kappa shape index (κ3) is 5.01. The van der Waals surface area contributed by atoms with E-state index >= 15 is 0 Å². The van der Waals surface area contributed by atoms with Crippen molar-refractivity contribution in [2.45, 2.75) is 37.8 Å². The number of fused-ring (bicyclic) bond motifs is 1. The fraction of sp³-hybridized carbons (Fsp3) is 0.240. The second kappa shape index (κ2) is 9.58. The third-order valence-electron chi connectivity index (χ3n) is 5.80. The summed E-state index contributed by atoms with van der Waals surface area (Å²) >= 11 is 9.81. The first-order valence-corrected chi connectivity index (χ1v) is 13.2. The van der Waals surface area contributed by atoms with Gasteiger partial charge in [0.25, 0.3) is 0 Å². The van der Waals surface area contributed by atoms with Crippen molar-refractivity contribution in [2.24, 2.45) is 0 Å². The number of nitrogens with zero attached hydrogens (tertiary/aromatic N) is 2. The van der Waals surface area contributed by atoms with Crippen LogP contribution in [0.4, 0.5) is 5.69 Å². The van der Waals surface area contributed by atoms with Crippen molar-refractivity contribution in [1.29, 1.82) is 0 Å². The molecule has 3 aromatic rings. The van der Waals surface area contributed by atoms with Crippen molar-refractivity contribution in [3.63, 3.8) is 0 Å². The Kier molecular flexibility index (Phi) is 6.96. The van der Waals surface area contributed by atoms with Crippen LogP contribution in [-0.4, -0.2) is 31.2 Å². The van der Waals surface area contributed by atoms with E-state index in [1.807, 2.05) is 32.0 Å². The van der Waals surface area contributed by atoms with Crippen molar-refractivity contribution in [2.75, 3.05) is 11.4 Å². The Hall–Kier alpha value is -2.19. The monoisotopic (exact) mass is 546 g/mol. The SMILES string of the molecule is Cc1ccc(S(=O)(=O)N(CC(=O)N2c3ccc(Br)cc3CC2C)Cc2ccccc2Cl)cc1. The lowest BCUT2D eigenvalue weighted by atomic mass is 10.1. The van der Waals surface area contributed by atoms with Gasteiger partial charge in [-0.1, -0.05) is 63.4 Å². The summed E-state index contributed by atoms with van der Waals surface area (Å²) in [7, 11) is -3.94. The van der Waals surface area contributed by atoms with Crippen molar-refractivity contribution >= 4 is 49.1 Å². The highest BCUT2D eigenvalue weighted by Gasteiger charge is 2.35. The molecule has 1 unspecified atom stereocenters. The van der Waals surface area contributed by atoms with Crippen LogP contribution in [0.3, 0.4) is 0 Å². The number of halogens is 2. The van der Waals surface area contributed by atoms with Gasteiger partial charge in [-0.3, -0.25) is 4.79 Å². The van der Waals surface area contributed by atoms with Gasteiger partial charge < -0.3 is 4.90 Å². The number of hydrogen-bond donors (Lipinski definition) is 0. The van der Waals surface area contributed by atoms with Crippen LogP contribution in [0.25, 0.3) is 0 Å². The van der Waals surface area contributed by atoms with Crippen LogP contribution in [0.1, 0.15) is 23.6 Å². The molecule has 1 amide bonds. The van der Waals surface area contributed by atoms with E-state index in [9.17, 15) is 13.2 Å². The zero-order valence-corrected chi connectivity index (χ0v) is 21.5. The molecule has 1 atom stereocenters. The summed E-state index contributed by atoms with van der Waals surface area (Å²) in [5, 5.41) is 0.457. The quantitative estimate of drug-likeness (QED) is 0.405. The smallest absolute Gasteiger partial charge is 0.243 e. The van der Waals surface area contributed by atoms with Gasteiger partial charge in [0.1, 0.15) is 0 Å². The van der Waals surface area contributed by atoms with Crippen LogP contribution in [0.5, 0.6) is 0 Å². The predicted molar refractivity (Wildman–Crippen MR) is 135 cm³/mol. The molecular formula is C25H24BrClN2O3S. The number of carbonyl (C=O) groups is 1. The minimum atomic E-state index is -3.94. The Bertz CT molecular complexity index is 1300. The molecule has 172 valence electrons. The van der Waals surface area contributed by atoms with Gasteiger partial charge >= 0.3 is 0 Å². The molecule has 1 aliphatic rings. The van der Waals surface area contributed by atoms with Gasteiger partial charge in [-0.05, 0) is 67.8 Å². The Morgan fingerprint density at radius 1 is 1.12 bits per heavy atom. The van der Waals surface area contributed by atoms with Crippen molar-refractivity contribution in [3.8, 4) is 0 Å². The highest BCUT2D eigenvalue weighted by atomic mass is 79.9. The molecule has 3 aromatic carbocycles. The van der Waals surface area contributed by atoms with Crippen LogP contribution < -0.4 is 4.90 Å². The van der Waals surface area contributed by atoms with Crippen molar-refractivity contribution in [1.82, 2.24) is 4.31 Å². The maximum Gasteiger partial charge on any atom is 0.243 e. The number of aryl methyl sites for hydroxylation is 1. The Balaban J connectivity index is 1.69. The highest BCUT2D eigenvalue weighted by molar-refractivity contribution is 9.10. The Morgan fingerprint density at radius 3 is 2.52 bits per heavy atom. The normalized spacial score (nSPS) is 15.7. The molecule has 0 aliphatic carbocycles. The molecule has 0 radical (unpaired) electrons. The number of benzene rings is 3. The zero-order chi connectivity index (χ0) is 23.8. The molecule has 0 N–H and O–H groups in total. The Labute approximate surface area is 208 Å². The lowest BCUT2D eigenvalue weighted by Crippen LogP contribution is -2.44. The molecule has 0 fully saturated rings. The summed E-state index contributed by atoms with van der Waals surface area (Å²) < 4.78 is 29.3. The molecule has 1 heterocycles. The molecule has 8 heteroatoms. The second-order valence-electron chi connectivity index (χ2n) is 8.27. The molecule has 33 heavy (non-hydrogen) atoms. The lowest BCUT2D eigenvalue weighted by Gasteiger charge is -2.28. The van der Waals surface area contributed by atoms with Gasteiger partial charge in [-0.15, -0.1) is 0 Å². The van der Waals surface area contributed by atoms with E-state index in [1.165, 1.54) is 4.31 Å². The van der Waals surface area contributed by atoms with E-state index in [-0.39, 0.29) is 29.9 Å². The topological polar surface area (TPSA) is 57.7 Å². The van der Waals surface area contributed by atoms with Gasteiger partial charge in [0, 0.05) is 27.8 Å². The number of anilines is 1. The molecular weight excluding hydrogens is 524 g/mol. The van der Waals surface area contributed by atoms with E-state index in [2.05, 4.69) is 15.9 Å². The average Bonchev–Trinajstić information content (AvgIpc) is 3.09. The predicted octanol–water partition coefficient (Wildman–Crippen LogP) is 5.58. The third-order valence-corrected chi connectivity index (χ3v) is 8.47. The minimum absolute atomic E-state index is 0.00294. The fourth-order valence-electron chi connectivity index (χ4n) is 4.11. The van der Waals surface area contributed by atoms with Crippen LogP contribution in [0, 0.1) is 6.92 Å².